The van der Waals surface area contributed by atoms with Crippen LogP contribution < -0.4 is 9.64 Å². The van der Waals surface area contributed by atoms with E-state index in [1.165, 1.54) is 14.2 Å². The number of fused-ring (bicyclic) bond motifs is 3. The number of hydrogen-bond donors (Lipinski definition) is 2. The van der Waals surface area contributed by atoms with Gasteiger partial charge >= 0.3 is 12.1 Å². The summed E-state index contributed by atoms with van der Waals surface area (Å²) in [4.78, 5) is 69.8. The summed E-state index contributed by atoms with van der Waals surface area (Å²) in [7, 11) is 2.74. The van der Waals surface area contributed by atoms with Crippen LogP contribution in [-0.4, -0.2) is 89.7 Å². The van der Waals surface area contributed by atoms with Gasteiger partial charge in [0, 0.05) is 12.6 Å². The lowest BCUT2D eigenvalue weighted by Crippen LogP contribution is -2.56. The molecule has 1 aliphatic carbocycles. The standard InChI is InChI=1S/C51H55N3O10/c1-33(2)32-63-49(59)53-40-24-19-34(25-28-50(60)26-13-5-6-14-27-50)31-39(40)51(48(53)58)41(46(56)52(3)61-4)43-47(57)64-44(36-17-11-8-12-18-36)42(35-15-9-7-10-16-35)54(43)45(51)37-20-22-38(23-21-37)62-30-29-55/h7-12,15-24,31,33,41-45,55,60H,5-6,13-14,26-27,29-30,32H2,1-4H3/t41-,42?,43-,44?,45+,51-/m1/s1. The Hall–Kier alpha value is -6.04. The Morgan fingerprint density at radius 2 is 1.53 bits per heavy atom. The fraction of sp³-hybridized carbons (Fsp3) is 0.412. The number of esters is 1. The van der Waals surface area contributed by atoms with Crippen molar-refractivity contribution in [1.29, 1.82) is 0 Å². The average Bonchev–Trinajstić information content (AvgIpc) is 3.64. The number of aliphatic hydroxyl groups excluding tert-OH is 1. The van der Waals surface area contributed by atoms with E-state index in [2.05, 4.69) is 11.8 Å². The lowest BCUT2D eigenvalue weighted by atomic mass is 9.65. The second-order valence-corrected chi connectivity index (χ2v) is 17.5. The molecule has 3 aliphatic heterocycles. The van der Waals surface area contributed by atoms with Gasteiger partial charge < -0.3 is 24.4 Å². The summed E-state index contributed by atoms with van der Waals surface area (Å²) < 4.78 is 18.1. The molecule has 6 atom stereocenters. The van der Waals surface area contributed by atoms with Crippen molar-refractivity contribution in [1.82, 2.24) is 9.96 Å². The van der Waals surface area contributed by atoms with Crippen molar-refractivity contribution >= 4 is 29.6 Å². The summed E-state index contributed by atoms with van der Waals surface area (Å²) in [6.45, 7) is 3.61. The SMILES string of the molecule is CON(C)C(=O)[C@H]1[C@@H]2C(=O)OC(c3ccccc3)C(c3ccccc3)N2[C@@H](c2ccc(OCCO)cc2)[C@]12C(=O)N(C(=O)OCC(C)C)c1ccc(C#CC3(O)CCCCCC3)cc12. The number of amides is 3. The van der Waals surface area contributed by atoms with E-state index in [4.69, 9.17) is 19.0 Å². The van der Waals surface area contributed by atoms with E-state index < -0.39 is 65.0 Å². The molecule has 0 aromatic heterocycles. The first-order valence-corrected chi connectivity index (χ1v) is 22.1. The predicted molar refractivity (Wildman–Crippen MR) is 236 cm³/mol. The van der Waals surface area contributed by atoms with Gasteiger partial charge in [0.2, 0.25) is 5.91 Å². The number of ether oxygens (including phenoxy) is 3. The van der Waals surface area contributed by atoms with Crippen LogP contribution in [0, 0.1) is 23.7 Å². The van der Waals surface area contributed by atoms with Gasteiger partial charge in [0.15, 0.2) is 0 Å². The van der Waals surface area contributed by atoms with E-state index in [0.717, 1.165) is 41.2 Å². The number of imide groups is 1. The molecule has 3 fully saturated rings. The predicted octanol–water partition coefficient (Wildman–Crippen LogP) is 6.97. The molecule has 4 aliphatic rings. The summed E-state index contributed by atoms with van der Waals surface area (Å²) >= 11 is 0. The molecule has 2 N–H and O–H groups in total. The number of aliphatic hydroxyl groups is 2. The third-order valence-corrected chi connectivity index (χ3v) is 13.0. The molecule has 8 rings (SSSR count). The molecule has 1 saturated carbocycles. The molecule has 13 heteroatoms. The average molecular weight is 870 g/mol. The van der Waals surface area contributed by atoms with Gasteiger partial charge in [-0.25, -0.2) is 14.8 Å². The third-order valence-electron chi connectivity index (χ3n) is 13.0. The van der Waals surface area contributed by atoms with Crippen LogP contribution in [0.25, 0.3) is 0 Å². The van der Waals surface area contributed by atoms with Crippen molar-refractivity contribution in [2.45, 2.75) is 87.6 Å². The Labute approximate surface area is 373 Å². The number of nitrogens with zero attached hydrogens (tertiary/aromatic N) is 3. The minimum absolute atomic E-state index is 0.0104. The Morgan fingerprint density at radius 3 is 2.16 bits per heavy atom. The maximum Gasteiger partial charge on any atom is 0.421 e. The molecule has 3 heterocycles. The largest absolute Gasteiger partial charge is 0.491 e. The van der Waals surface area contributed by atoms with Crippen molar-refractivity contribution in [3.05, 3.63) is 131 Å². The van der Waals surface area contributed by atoms with Gasteiger partial charge in [0.25, 0.3) is 5.91 Å². The van der Waals surface area contributed by atoms with Crippen molar-refractivity contribution in [3.63, 3.8) is 0 Å². The lowest BCUT2D eigenvalue weighted by Gasteiger charge is -2.46. The zero-order chi connectivity index (χ0) is 45.2. The van der Waals surface area contributed by atoms with Gasteiger partial charge in [0.05, 0.1) is 44.0 Å². The topological polar surface area (TPSA) is 155 Å². The van der Waals surface area contributed by atoms with Crippen molar-refractivity contribution in [3.8, 4) is 17.6 Å². The molecule has 2 unspecified atom stereocenters. The minimum atomic E-state index is -2.04. The van der Waals surface area contributed by atoms with E-state index in [0.29, 0.717) is 35.3 Å². The van der Waals surface area contributed by atoms with Crippen LogP contribution in [0.15, 0.2) is 103 Å². The molecule has 64 heavy (non-hydrogen) atoms. The summed E-state index contributed by atoms with van der Waals surface area (Å²) in [5.74, 6) is 2.96. The first-order chi connectivity index (χ1) is 30.9. The van der Waals surface area contributed by atoms with Crippen molar-refractivity contribution in [2.24, 2.45) is 11.8 Å². The van der Waals surface area contributed by atoms with E-state index in [1.807, 2.05) is 79.4 Å². The number of morpholine rings is 1. The molecule has 4 aromatic rings. The Kier molecular flexibility index (Phi) is 12.9. The van der Waals surface area contributed by atoms with E-state index in [1.54, 1.807) is 42.5 Å². The number of carbonyl (C=O) groups is 4. The van der Waals surface area contributed by atoms with Crippen LogP contribution in [-0.2, 0) is 34.1 Å². The van der Waals surface area contributed by atoms with E-state index in [-0.39, 0.29) is 37.0 Å². The number of hydroxylamine groups is 2. The number of rotatable bonds is 10. The van der Waals surface area contributed by atoms with Gasteiger partial charge in [-0.1, -0.05) is 111 Å². The molecular formula is C51H55N3O10. The minimum Gasteiger partial charge on any atom is -0.491 e. The summed E-state index contributed by atoms with van der Waals surface area (Å²) in [6.07, 6.45) is 2.88. The monoisotopic (exact) mass is 869 g/mol. The van der Waals surface area contributed by atoms with Gasteiger partial charge in [-0.2, -0.15) is 0 Å². The van der Waals surface area contributed by atoms with Crippen LogP contribution in [0.4, 0.5) is 10.5 Å². The number of cyclic esters (lactones) is 1. The maximum absolute atomic E-state index is 16.2. The Morgan fingerprint density at radius 1 is 0.875 bits per heavy atom. The highest BCUT2D eigenvalue weighted by Gasteiger charge is 2.76. The first kappa shape index (κ1) is 44.6. The van der Waals surface area contributed by atoms with Crippen LogP contribution in [0.1, 0.15) is 98.4 Å². The molecule has 334 valence electrons. The number of carbonyl (C=O) groups excluding carboxylic acids is 4. The smallest absolute Gasteiger partial charge is 0.421 e. The highest BCUT2D eigenvalue weighted by atomic mass is 16.7. The van der Waals surface area contributed by atoms with Gasteiger partial charge in [-0.3, -0.25) is 24.1 Å². The van der Waals surface area contributed by atoms with Gasteiger partial charge in [-0.05, 0) is 84.2 Å². The molecule has 1 spiro atoms. The summed E-state index contributed by atoms with van der Waals surface area (Å²) in [5.41, 5.74) is -0.398. The number of hydrogen-bond acceptors (Lipinski definition) is 11. The number of benzene rings is 4. The van der Waals surface area contributed by atoms with Crippen LogP contribution >= 0.6 is 0 Å². The van der Waals surface area contributed by atoms with Gasteiger partial charge in [0.1, 0.15) is 35.5 Å². The van der Waals surface area contributed by atoms with Crippen LogP contribution in [0.3, 0.4) is 0 Å². The van der Waals surface area contributed by atoms with Crippen molar-refractivity contribution < 1.29 is 48.4 Å². The molecule has 3 amide bonds. The summed E-state index contributed by atoms with van der Waals surface area (Å²) in [5, 5.41) is 22.2. The second-order valence-electron chi connectivity index (χ2n) is 17.5. The van der Waals surface area contributed by atoms with Crippen LogP contribution in [0.2, 0.25) is 0 Å². The van der Waals surface area contributed by atoms with Gasteiger partial charge in [-0.15, -0.1) is 0 Å². The summed E-state index contributed by atoms with van der Waals surface area (Å²) in [6, 6.07) is 27.5. The normalized spacial score (nSPS) is 24.9. The zero-order valence-corrected chi connectivity index (χ0v) is 36.6. The fourth-order valence-corrected chi connectivity index (χ4v) is 10.1. The molecule has 2 saturated heterocycles. The molecule has 4 aromatic carbocycles. The third kappa shape index (κ3) is 8.04. The molecule has 0 bridgehead atoms. The second kappa shape index (κ2) is 18.6. The van der Waals surface area contributed by atoms with E-state index >= 15 is 14.4 Å². The zero-order valence-electron chi connectivity index (χ0n) is 36.6. The quantitative estimate of drug-likeness (QED) is 0.0735. The van der Waals surface area contributed by atoms with Crippen molar-refractivity contribution in [2.75, 3.05) is 38.9 Å². The maximum atomic E-state index is 16.2. The Balaban J connectivity index is 1.45. The highest BCUT2D eigenvalue weighted by Crippen LogP contribution is 2.66. The fourth-order valence-electron chi connectivity index (χ4n) is 10.1. The molecular weight excluding hydrogens is 815 g/mol. The lowest BCUT2D eigenvalue weighted by molar-refractivity contribution is -0.187. The molecule has 0 radical (unpaired) electrons. The Bertz CT molecular complexity index is 2410. The van der Waals surface area contributed by atoms with E-state index in [9.17, 15) is 15.0 Å². The number of anilines is 1. The molecule has 13 nitrogen and oxygen atoms in total. The first-order valence-electron chi connectivity index (χ1n) is 22.1. The highest BCUT2D eigenvalue weighted by molar-refractivity contribution is 6.23. The van der Waals surface area contributed by atoms with Crippen LogP contribution in [0.5, 0.6) is 5.75 Å².